The van der Waals surface area contributed by atoms with Crippen LogP contribution < -0.4 is 0 Å². The first-order chi connectivity index (χ1) is 6.77. The SMILES string of the molecule is CCCCN(CC)CC1CCCC1O. The number of hydrogen-bond acceptors (Lipinski definition) is 2. The van der Waals surface area contributed by atoms with Gasteiger partial charge in [0.1, 0.15) is 0 Å². The van der Waals surface area contributed by atoms with Crippen LogP contribution in [0.25, 0.3) is 0 Å². The van der Waals surface area contributed by atoms with Gasteiger partial charge in [0.2, 0.25) is 0 Å². The topological polar surface area (TPSA) is 23.5 Å². The van der Waals surface area contributed by atoms with E-state index in [2.05, 4.69) is 18.7 Å². The van der Waals surface area contributed by atoms with Crippen molar-refractivity contribution in [2.24, 2.45) is 5.92 Å². The Morgan fingerprint density at radius 1 is 1.29 bits per heavy atom. The summed E-state index contributed by atoms with van der Waals surface area (Å²) < 4.78 is 0. The molecule has 2 heteroatoms. The molecule has 0 radical (unpaired) electrons. The second-order valence-corrected chi connectivity index (χ2v) is 4.51. The molecule has 0 spiro atoms. The second-order valence-electron chi connectivity index (χ2n) is 4.51. The van der Waals surface area contributed by atoms with Crippen molar-refractivity contribution in [3.63, 3.8) is 0 Å². The van der Waals surface area contributed by atoms with Gasteiger partial charge in [0, 0.05) is 6.54 Å². The lowest BCUT2D eigenvalue weighted by Crippen LogP contribution is -2.33. The molecule has 1 saturated carbocycles. The van der Waals surface area contributed by atoms with Crippen molar-refractivity contribution < 1.29 is 5.11 Å². The zero-order valence-corrected chi connectivity index (χ0v) is 9.71. The van der Waals surface area contributed by atoms with Crippen molar-refractivity contribution in [2.45, 2.75) is 52.1 Å². The van der Waals surface area contributed by atoms with Gasteiger partial charge in [-0.3, -0.25) is 0 Å². The molecular weight excluding hydrogens is 174 g/mol. The first kappa shape index (κ1) is 12.0. The van der Waals surface area contributed by atoms with Crippen LogP contribution in [0.4, 0.5) is 0 Å². The van der Waals surface area contributed by atoms with Crippen LogP contribution in [0.15, 0.2) is 0 Å². The minimum absolute atomic E-state index is 0.0225. The van der Waals surface area contributed by atoms with Crippen molar-refractivity contribution in [2.75, 3.05) is 19.6 Å². The van der Waals surface area contributed by atoms with Crippen LogP contribution in [0.5, 0.6) is 0 Å². The van der Waals surface area contributed by atoms with Crippen LogP contribution in [-0.2, 0) is 0 Å². The summed E-state index contributed by atoms with van der Waals surface area (Å²) >= 11 is 0. The lowest BCUT2D eigenvalue weighted by molar-refractivity contribution is 0.103. The third kappa shape index (κ3) is 3.58. The lowest BCUT2D eigenvalue weighted by atomic mass is 10.1. The molecule has 2 nitrogen and oxygen atoms in total. The molecule has 0 heterocycles. The van der Waals surface area contributed by atoms with Crippen LogP contribution in [0.1, 0.15) is 46.0 Å². The fourth-order valence-electron chi connectivity index (χ4n) is 2.32. The molecule has 1 N–H and O–H groups in total. The first-order valence-corrected chi connectivity index (χ1v) is 6.18. The van der Waals surface area contributed by atoms with Crippen LogP contribution in [0.3, 0.4) is 0 Å². The van der Waals surface area contributed by atoms with E-state index in [1.165, 1.54) is 32.2 Å². The molecule has 2 atom stereocenters. The van der Waals surface area contributed by atoms with E-state index in [1.54, 1.807) is 0 Å². The number of rotatable bonds is 6. The molecule has 0 aliphatic heterocycles. The van der Waals surface area contributed by atoms with E-state index in [1.807, 2.05) is 0 Å². The molecule has 1 fully saturated rings. The Morgan fingerprint density at radius 3 is 2.57 bits per heavy atom. The molecule has 0 aromatic rings. The van der Waals surface area contributed by atoms with E-state index in [4.69, 9.17) is 0 Å². The van der Waals surface area contributed by atoms with Crippen molar-refractivity contribution >= 4 is 0 Å². The predicted octanol–water partition coefficient (Wildman–Crippen LogP) is 2.27. The second kappa shape index (κ2) is 6.41. The highest BCUT2D eigenvalue weighted by molar-refractivity contribution is 4.79. The molecule has 1 rings (SSSR count). The van der Waals surface area contributed by atoms with Crippen molar-refractivity contribution in [3.8, 4) is 0 Å². The quantitative estimate of drug-likeness (QED) is 0.709. The minimum atomic E-state index is -0.0225. The van der Waals surface area contributed by atoms with Crippen molar-refractivity contribution in [1.29, 1.82) is 0 Å². The number of hydrogen-bond donors (Lipinski definition) is 1. The summed E-state index contributed by atoms with van der Waals surface area (Å²) in [5, 5.41) is 9.73. The predicted molar refractivity (Wildman–Crippen MR) is 60.4 cm³/mol. The lowest BCUT2D eigenvalue weighted by Gasteiger charge is -2.25. The maximum absolute atomic E-state index is 9.73. The third-order valence-corrected chi connectivity index (χ3v) is 3.39. The highest BCUT2D eigenvalue weighted by Gasteiger charge is 2.26. The van der Waals surface area contributed by atoms with E-state index >= 15 is 0 Å². The summed E-state index contributed by atoms with van der Waals surface area (Å²) in [6.45, 7) is 7.90. The zero-order chi connectivity index (χ0) is 10.4. The third-order valence-electron chi connectivity index (χ3n) is 3.39. The molecule has 1 aliphatic carbocycles. The van der Waals surface area contributed by atoms with E-state index in [0.717, 1.165) is 19.5 Å². The first-order valence-electron chi connectivity index (χ1n) is 6.18. The van der Waals surface area contributed by atoms with Crippen LogP contribution in [-0.4, -0.2) is 35.7 Å². The molecule has 0 amide bonds. The fourth-order valence-corrected chi connectivity index (χ4v) is 2.32. The van der Waals surface area contributed by atoms with Gasteiger partial charge in [-0.25, -0.2) is 0 Å². The van der Waals surface area contributed by atoms with Gasteiger partial charge in [-0.2, -0.15) is 0 Å². The zero-order valence-electron chi connectivity index (χ0n) is 9.71. The number of aliphatic hydroxyl groups is 1. The Labute approximate surface area is 88.3 Å². The molecule has 14 heavy (non-hydrogen) atoms. The normalized spacial score (nSPS) is 27.4. The van der Waals surface area contributed by atoms with Crippen molar-refractivity contribution in [1.82, 2.24) is 4.90 Å². The largest absolute Gasteiger partial charge is 0.393 e. The number of unbranched alkanes of at least 4 members (excludes halogenated alkanes) is 1. The molecule has 1 aliphatic rings. The summed E-state index contributed by atoms with van der Waals surface area (Å²) in [5.74, 6) is 0.548. The average molecular weight is 199 g/mol. The molecule has 0 aromatic carbocycles. The van der Waals surface area contributed by atoms with Gasteiger partial charge in [-0.1, -0.05) is 26.7 Å². The summed E-state index contributed by atoms with van der Waals surface area (Å²) in [5.41, 5.74) is 0. The minimum Gasteiger partial charge on any atom is -0.393 e. The van der Waals surface area contributed by atoms with Gasteiger partial charge >= 0.3 is 0 Å². The summed E-state index contributed by atoms with van der Waals surface area (Å²) in [7, 11) is 0. The monoisotopic (exact) mass is 199 g/mol. The van der Waals surface area contributed by atoms with E-state index in [0.29, 0.717) is 5.92 Å². The fraction of sp³-hybridized carbons (Fsp3) is 1.00. The molecule has 84 valence electrons. The Kier molecular flexibility index (Phi) is 5.49. The maximum atomic E-state index is 9.73. The van der Waals surface area contributed by atoms with Gasteiger partial charge in [0.25, 0.3) is 0 Å². The Morgan fingerprint density at radius 2 is 2.07 bits per heavy atom. The summed E-state index contributed by atoms with van der Waals surface area (Å²) in [6, 6.07) is 0. The smallest absolute Gasteiger partial charge is 0.0580 e. The van der Waals surface area contributed by atoms with E-state index < -0.39 is 0 Å². The average Bonchev–Trinajstić information content (AvgIpc) is 2.59. The molecule has 0 saturated heterocycles. The van der Waals surface area contributed by atoms with Crippen LogP contribution in [0.2, 0.25) is 0 Å². The van der Waals surface area contributed by atoms with Gasteiger partial charge in [0.05, 0.1) is 6.10 Å². The Balaban J connectivity index is 2.24. The Bertz CT molecular complexity index is 149. The van der Waals surface area contributed by atoms with Crippen LogP contribution >= 0.6 is 0 Å². The maximum Gasteiger partial charge on any atom is 0.0580 e. The summed E-state index contributed by atoms with van der Waals surface area (Å²) in [4.78, 5) is 2.49. The molecular formula is C12H25NO. The van der Waals surface area contributed by atoms with Crippen molar-refractivity contribution in [3.05, 3.63) is 0 Å². The van der Waals surface area contributed by atoms with Gasteiger partial charge < -0.3 is 10.0 Å². The van der Waals surface area contributed by atoms with E-state index in [-0.39, 0.29) is 6.10 Å². The van der Waals surface area contributed by atoms with Gasteiger partial charge in [-0.15, -0.1) is 0 Å². The highest BCUT2D eigenvalue weighted by Crippen LogP contribution is 2.26. The summed E-state index contributed by atoms with van der Waals surface area (Å²) in [6.07, 6.45) is 6.00. The van der Waals surface area contributed by atoms with Gasteiger partial charge in [-0.05, 0) is 38.3 Å². The molecule has 2 unspecified atom stereocenters. The standard InChI is InChI=1S/C12H25NO/c1-3-5-9-13(4-2)10-11-7-6-8-12(11)14/h11-12,14H,3-10H2,1-2H3. The molecule has 0 bridgehead atoms. The van der Waals surface area contributed by atoms with E-state index in [9.17, 15) is 5.11 Å². The highest BCUT2D eigenvalue weighted by atomic mass is 16.3. The van der Waals surface area contributed by atoms with Crippen LogP contribution in [0, 0.1) is 5.92 Å². The Hall–Kier alpha value is -0.0800. The number of aliphatic hydroxyl groups excluding tert-OH is 1. The molecule has 0 aromatic heterocycles. The van der Waals surface area contributed by atoms with Gasteiger partial charge in [0.15, 0.2) is 0 Å². The number of nitrogens with zero attached hydrogens (tertiary/aromatic N) is 1.